The number of benzene rings is 6. The van der Waals surface area contributed by atoms with Crippen molar-refractivity contribution in [3.05, 3.63) is 211 Å². The molecular formula is C53H56NO4PSSi. The van der Waals surface area contributed by atoms with Crippen molar-refractivity contribution in [2.45, 2.75) is 61.4 Å². The van der Waals surface area contributed by atoms with Crippen LogP contribution in [0.25, 0.3) is 0 Å². The van der Waals surface area contributed by atoms with Crippen molar-refractivity contribution in [1.82, 2.24) is 4.90 Å². The van der Waals surface area contributed by atoms with Crippen LogP contribution in [0.5, 0.6) is 0 Å². The van der Waals surface area contributed by atoms with Crippen LogP contribution in [0.3, 0.4) is 0 Å². The first-order valence-electron chi connectivity index (χ1n) is 20.9. The minimum atomic E-state index is -3.13. The third kappa shape index (κ3) is 8.05. The molecule has 7 rings (SSSR count). The largest absolute Gasteiger partial charge is 0.457 e. The summed E-state index contributed by atoms with van der Waals surface area (Å²) in [6, 6.07) is 61.8. The molecule has 0 N–H and O–H groups in total. The molecule has 2 unspecified atom stereocenters. The monoisotopic (exact) mass is 861 g/mol. The maximum atomic E-state index is 16.4. The Morgan fingerprint density at radius 2 is 1.07 bits per heavy atom. The zero-order valence-corrected chi connectivity index (χ0v) is 38.7. The summed E-state index contributed by atoms with van der Waals surface area (Å²) in [5.74, 6) is -0.733. The molecule has 5 nitrogen and oxygen atoms in total. The number of likely N-dealkylation sites (tertiary alicyclic amines) is 1. The normalized spacial score (nSPS) is 16.3. The van der Waals surface area contributed by atoms with Gasteiger partial charge in [0.2, 0.25) is 5.91 Å². The highest BCUT2D eigenvalue weighted by Crippen LogP contribution is 2.59. The van der Waals surface area contributed by atoms with E-state index in [1.807, 2.05) is 72.8 Å². The number of carbonyl (C=O) groups excluding carboxylic acids is 2. The Balaban J connectivity index is 1.56. The molecule has 8 heteroatoms. The van der Waals surface area contributed by atoms with E-state index in [-0.39, 0.29) is 24.1 Å². The van der Waals surface area contributed by atoms with Gasteiger partial charge in [-0.3, -0.25) is 4.79 Å². The van der Waals surface area contributed by atoms with Crippen molar-refractivity contribution < 1.29 is 18.8 Å². The standard InChI is InChI=1S/C53H56NO4PSSi/c1-8-39-57-49(55)48(59(45-33-21-12-22-34-45,46-35-23-13-24-36-46)47-37-25-14-26-38-47)54-40-52(50(54)56,41(2)58-61(6,7)51(3,4)5)60-53(42-27-15-9-16-28-42,43-29-17-10-18-30-43)44-31-19-11-20-32-44/h8-38,41H,1,39-40H2,2-7H3. The third-order valence-corrected chi connectivity index (χ3v) is 23.2. The number of hydrogen-bond donors (Lipinski definition) is 0. The molecule has 6 aromatic rings. The Bertz CT molecular complexity index is 2300. The second-order valence-electron chi connectivity index (χ2n) is 17.1. The third-order valence-electron chi connectivity index (χ3n) is 12.3. The SMILES string of the molecule is C=CCOC(=O)C(N1CC(SC(c2ccccc2)(c2ccccc2)c2ccccc2)(C(C)O[Si](C)(C)C(C)(C)C)C1=O)=P(c1ccccc1)(c1ccccc1)c1ccccc1. The van der Waals surface area contributed by atoms with Gasteiger partial charge in [0.25, 0.3) is 0 Å². The summed E-state index contributed by atoms with van der Waals surface area (Å²) >= 11 is 1.64. The molecule has 1 aliphatic rings. The van der Waals surface area contributed by atoms with Crippen molar-refractivity contribution >= 4 is 60.2 Å². The lowest BCUT2D eigenvalue weighted by Crippen LogP contribution is -2.74. The lowest BCUT2D eigenvalue weighted by molar-refractivity contribution is -0.146. The number of thioether (sulfide) groups is 1. The molecule has 0 bridgehead atoms. The lowest BCUT2D eigenvalue weighted by Gasteiger charge is -2.57. The van der Waals surface area contributed by atoms with Crippen molar-refractivity contribution in [2.75, 3.05) is 13.2 Å². The van der Waals surface area contributed by atoms with E-state index in [2.05, 4.69) is 157 Å². The van der Waals surface area contributed by atoms with E-state index in [1.165, 1.54) is 0 Å². The summed E-state index contributed by atoms with van der Waals surface area (Å²) in [5.41, 5.74) is 3.45. The maximum Gasteiger partial charge on any atom is 0.356 e. The van der Waals surface area contributed by atoms with E-state index in [0.717, 1.165) is 32.6 Å². The molecule has 1 heterocycles. The van der Waals surface area contributed by atoms with E-state index in [0.29, 0.717) is 5.42 Å². The summed E-state index contributed by atoms with van der Waals surface area (Å²) in [7, 11) is -2.47. The number of hydrogen-bond acceptors (Lipinski definition) is 5. The predicted molar refractivity (Wildman–Crippen MR) is 260 cm³/mol. The van der Waals surface area contributed by atoms with Crippen molar-refractivity contribution in [3.8, 4) is 0 Å². The van der Waals surface area contributed by atoms with Gasteiger partial charge in [-0.05, 0) is 57.7 Å². The molecule has 0 spiro atoms. The van der Waals surface area contributed by atoms with Crippen LogP contribution >= 0.6 is 18.6 Å². The van der Waals surface area contributed by atoms with Gasteiger partial charge in [0.1, 0.15) is 16.8 Å². The van der Waals surface area contributed by atoms with E-state index in [1.54, 1.807) is 22.7 Å². The minimum Gasteiger partial charge on any atom is -0.457 e. The summed E-state index contributed by atoms with van der Waals surface area (Å²) < 4.78 is 11.4. The molecule has 0 saturated carbocycles. The number of esters is 1. The van der Waals surface area contributed by atoms with E-state index in [9.17, 15) is 0 Å². The average Bonchev–Trinajstić information content (AvgIpc) is 3.29. The van der Waals surface area contributed by atoms with E-state index in [4.69, 9.17) is 9.16 Å². The Hall–Kier alpha value is -5.17. The number of amides is 1. The predicted octanol–water partition coefficient (Wildman–Crippen LogP) is 10.6. The fourth-order valence-electron chi connectivity index (χ4n) is 8.22. The van der Waals surface area contributed by atoms with Crippen LogP contribution < -0.4 is 15.9 Å². The zero-order valence-electron chi connectivity index (χ0n) is 36.0. The van der Waals surface area contributed by atoms with Crippen LogP contribution in [0.2, 0.25) is 18.1 Å². The molecule has 312 valence electrons. The van der Waals surface area contributed by atoms with Gasteiger partial charge < -0.3 is 14.1 Å². The van der Waals surface area contributed by atoms with Gasteiger partial charge >= 0.3 is 5.97 Å². The molecule has 61 heavy (non-hydrogen) atoms. The van der Waals surface area contributed by atoms with Crippen molar-refractivity contribution in [3.63, 3.8) is 0 Å². The quantitative estimate of drug-likeness (QED) is 0.0257. The van der Waals surface area contributed by atoms with Crippen LogP contribution in [0.15, 0.2) is 195 Å². The molecule has 1 fully saturated rings. The molecule has 2 atom stereocenters. The van der Waals surface area contributed by atoms with E-state index >= 15 is 9.59 Å². The van der Waals surface area contributed by atoms with Crippen LogP contribution in [-0.4, -0.2) is 54.5 Å². The zero-order chi connectivity index (χ0) is 43.3. The fourth-order valence-corrected chi connectivity index (χ4v) is 16.0. The van der Waals surface area contributed by atoms with Gasteiger partial charge in [-0.1, -0.05) is 215 Å². The number of β-lactam (4-membered cyclic amide) rings is 1. The summed E-state index contributed by atoms with van der Waals surface area (Å²) in [6.45, 7) is 14.2. The minimum absolute atomic E-state index is 0.00730. The van der Waals surface area contributed by atoms with Gasteiger partial charge in [0.15, 0.2) is 8.32 Å². The second kappa shape index (κ2) is 18.0. The number of nitrogens with zero attached hydrogens (tertiary/aromatic N) is 1. The molecule has 0 radical (unpaired) electrons. The molecular weight excluding hydrogens is 806 g/mol. The molecule has 0 aromatic heterocycles. The van der Waals surface area contributed by atoms with Gasteiger partial charge in [0, 0.05) is 6.89 Å². The summed E-state index contributed by atoms with van der Waals surface area (Å²) in [6.07, 6.45) is 1.02. The highest BCUT2D eigenvalue weighted by molar-refractivity contribution is 8.03. The Morgan fingerprint density at radius 1 is 0.705 bits per heavy atom. The maximum absolute atomic E-state index is 16.4. The highest BCUT2D eigenvalue weighted by atomic mass is 32.2. The summed E-state index contributed by atoms with van der Waals surface area (Å²) in [4.78, 5) is 33.4. The van der Waals surface area contributed by atoms with Gasteiger partial charge in [-0.2, -0.15) is 0 Å². The number of rotatable bonds is 15. The van der Waals surface area contributed by atoms with Gasteiger partial charge in [-0.15, -0.1) is 11.8 Å². The fraction of sp³-hybridized carbons (Fsp3) is 0.226. The number of carbonyl (C=O) groups is 2. The summed E-state index contributed by atoms with van der Waals surface area (Å²) in [5, 5.41) is 2.69. The van der Waals surface area contributed by atoms with Crippen LogP contribution in [-0.2, 0) is 23.5 Å². The molecule has 1 amide bonds. The molecule has 0 aliphatic carbocycles. The highest BCUT2D eigenvalue weighted by Gasteiger charge is 2.64. The Labute approximate surface area is 368 Å². The second-order valence-corrected chi connectivity index (χ2v) is 26.7. The van der Waals surface area contributed by atoms with Gasteiger partial charge in [-0.25, -0.2) is 4.79 Å². The van der Waals surface area contributed by atoms with Crippen molar-refractivity contribution in [2.24, 2.45) is 0 Å². The lowest BCUT2D eigenvalue weighted by atomic mass is 9.84. The molecule has 1 aliphatic heterocycles. The first-order chi connectivity index (χ1) is 29.3. The van der Waals surface area contributed by atoms with Crippen LogP contribution in [0.4, 0.5) is 0 Å². The molecule has 1 saturated heterocycles. The van der Waals surface area contributed by atoms with E-state index < -0.39 is 36.8 Å². The Kier molecular flexibility index (Phi) is 13.0. The number of ether oxygens (including phenoxy) is 1. The van der Waals surface area contributed by atoms with Gasteiger partial charge in [0.05, 0.1) is 17.4 Å². The topological polar surface area (TPSA) is 55.8 Å². The smallest absolute Gasteiger partial charge is 0.356 e. The first-order valence-corrected chi connectivity index (χ1v) is 26.4. The van der Waals surface area contributed by atoms with Crippen molar-refractivity contribution in [1.29, 1.82) is 0 Å². The first kappa shape index (κ1) is 43.9. The molecule has 6 aromatic carbocycles. The van der Waals surface area contributed by atoms with Crippen LogP contribution in [0, 0.1) is 0 Å². The average molecular weight is 862 g/mol. The Morgan fingerprint density at radius 3 is 1.39 bits per heavy atom. The van der Waals surface area contributed by atoms with Crippen LogP contribution in [0.1, 0.15) is 44.4 Å².